The Balaban J connectivity index is 1.80. The first-order valence-electron chi connectivity index (χ1n) is 7.69. The third-order valence-electron chi connectivity index (χ3n) is 3.44. The highest BCUT2D eigenvalue weighted by Gasteiger charge is 2.22. The van der Waals surface area contributed by atoms with Gasteiger partial charge in [-0.25, -0.2) is 0 Å². The number of furan rings is 1. The Morgan fingerprint density at radius 1 is 1.20 bits per heavy atom. The number of hydrogen-bond acceptors (Lipinski definition) is 4. The second kappa shape index (κ2) is 7.25. The Bertz CT molecular complexity index is 393. The molecule has 20 heavy (non-hydrogen) atoms. The SMILES string of the molecule is CC(C)CNCc1ccc(CN2CC(C)OC(C)C2)o1. The van der Waals surface area contributed by atoms with Gasteiger partial charge < -0.3 is 14.5 Å². The molecule has 114 valence electrons. The van der Waals surface area contributed by atoms with Gasteiger partial charge in [-0.1, -0.05) is 13.8 Å². The van der Waals surface area contributed by atoms with Crippen molar-refractivity contribution >= 4 is 0 Å². The van der Waals surface area contributed by atoms with Crippen molar-refractivity contribution in [3.63, 3.8) is 0 Å². The maximum absolute atomic E-state index is 5.89. The van der Waals surface area contributed by atoms with Crippen LogP contribution in [-0.4, -0.2) is 36.7 Å². The van der Waals surface area contributed by atoms with E-state index in [9.17, 15) is 0 Å². The molecule has 0 saturated carbocycles. The smallest absolute Gasteiger partial charge is 0.118 e. The fraction of sp³-hybridized carbons (Fsp3) is 0.750. The third kappa shape index (κ3) is 4.93. The molecule has 4 heteroatoms. The molecular formula is C16H28N2O2. The second-order valence-corrected chi connectivity index (χ2v) is 6.34. The predicted octanol–water partition coefficient (Wildman–Crippen LogP) is 2.63. The van der Waals surface area contributed by atoms with Gasteiger partial charge in [0.25, 0.3) is 0 Å². The first-order chi connectivity index (χ1) is 9.52. The molecule has 0 spiro atoms. The van der Waals surface area contributed by atoms with Crippen LogP contribution in [-0.2, 0) is 17.8 Å². The molecule has 1 fully saturated rings. The summed E-state index contributed by atoms with van der Waals surface area (Å²) in [4.78, 5) is 2.41. The van der Waals surface area contributed by atoms with Crippen LogP contribution in [0.4, 0.5) is 0 Å². The van der Waals surface area contributed by atoms with Crippen LogP contribution in [0.2, 0.25) is 0 Å². The van der Waals surface area contributed by atoms with Crippen LogP contribution >= 0.6 is 0 Å². The fourth-order valence-electron chi connectivity index (χ4n) is 2.72. The number of ether oxygens (including phenoxy) is 1. The van der Waals surface area contributed by atoms with Gasteiger partial charge in [-0.3, -0.25) is 4.90 Å². The van der Waals surface area contributed by atoms with Crippen LogP contribution in [0.15, 0.2) is 16.5 Å². The van der Waals surface area contributed by atoms with Crippen molar-refractivity contribution in [2.24, 2.45) is 5.92 Å². The maximum atomic E-state index is 5.89. The lowest BCUT2D eigenvalue weighted by molar-refractivity contribution is -0.0718. The van der Waals surface area contributed by atoms with E-state index in [2.05, 4.69) is 50.0 Å². The molecule has 2 unspecified atom stereocenters. The largest absolute Gasteiger partial charge is 0.463 e. The van der Waals surface area contributed by atoms with Crippen molar-refractivity contribution in [1.29, 1.82) is 0 Å². The molecule has 0 aromatic carbocycles. The van der Waals surface area contributed by atoms with Gasteiger partial charge in [0.05, 0.1) is 25.3 Å². The summed E-state index contributed by atoms with van der Waals surface area (Å²) >= 11 is 0. The molecule has 0 aliphatic carbocycles. The van der Waals surface area contributed by atoms with Crippen LogP contribution in [0, 0.1) is 5.92 Å². The summed E-state index contributed by atoms with van der Waals surface area (Å²) in [5.74, 6) is 2.74. The molecule has 0 amide bonds. The van der Waals surface area contributed by atoms with Crippen molar-refractivity contribution in [2.45, 2.75) is 53.0 Å². The highest BCUT2D eigenvalue weighted by atomic mass is 16.5. The van der Waals surface area contributed by atoms with Crippen molar-refractivity contribution in [2.75, 3.05) is 19.6 Å². The van der Waals surface area contributed by atoms with Crippen LogP contribution in [0.25, 0.3) is 0 Å². The Morgan fingerprint density at radius 2 is 1.85 bits per heavy atom. The lowest BCUT2D eigenvalue weighted by atomic mass is 10.2. The number of rotatable bonds is 6. The molecule has 1 aliphatic rings. The van der Waals surface area contributed by atoms with Crippen LogP contribution in [0.5, 0.6) is 0 Å². The zero-order chi connectivity index (χ0) is 14.5. The third-order valence-corrected chi connectivity index (χ3v) is 3.44. The van der Waals surface area contributed by atoms with E-state index < -0.39 is 0 Å². The average Bonchev–Trinajstić information content (AvgIpc) is 2.74. The lowest BCUT2D eigenvalue weighted by Crippen LogP contribution is -2.44. The van der Waals surface area contributed by atoms with E-state index in [1.54, 1.807) is 0 Å². The molecule has 4 nitrogen and oxygen atoms in total. The minimum Gasteiger partial charge on any atom is -0.463 e. The van der Waals surface area contributed by atoms with Crippen molar-refractivity contribution in [1.82, 2.24) is 10.2 Å². The topological polar surface area (TPSA) is 37.6 Å². The molecule has 1 aromatic rings. The summed E-state index contributed by atoms with van der Waals surface area (Å²) in [5, 5.41) is 3.40. The van der Waals surface area contributed by atoms with Crippen molar-refractivity contribution in [3.05, 3.63) is 23.7 Å². The van der Waals surface area contributed by atoms with Gasteiger partial charge in [0, 0.05) is 13.1 Å². The molecule has 0 bridgehead atoms. The molecule has 1 aromatic heterocycles. The molecule has 2 atom stereocenters. The molecule has 1 N–H and O–H groups in total. The summed E-state index contributed by atoms with van der Waals surface area (Å²) in [5.41, 5.74) is 0. The Hall–Kier alpha value is -0.840. The zero-order valence-corrected chi connectivity index (χ0v) is 13.2. The molecule has 2 rings (SSSR count). The van der Waals surface area contributed by atoms with Gasteiger partial charge in [-0.2, -0.15) is 0 Å². The van der Waals surface area contributed by atoms with Crippen molar-refractivity contribution in [3.8, 4) is 0 Å². The summed E-state index contributed by atoms with van der Waals surface area (Å²) in [6.07, 6.45) is 0.613. The van der Waals surface area contributed by atoms with Gasteiger partial charge in [0.15, 0.2) is 0 Å². The first kappa shape index (κ1) is 15.5. The van der Waals surface area contributed by atoms with E-state index in [1.807, 2.05) is 0 Å². The number of nitrogens with one attached hydrogen (secondary N) is 1. The van der Waals surface area contributed by atoms with Crippen LogP contribution < -0.4 is 5.32 Å². The van der Waals surface area contributed by atoms with Crippen LogP contribution in [0.3, 0.4) is 0 Å². The molecule has 1 aliphatic heterocycles. The second-order valence-electron chi connectivity index (χ2n) is 6.34. The Labute approximate surface area is 122 Å². The van der Waals surface area contributed by atoms with E-state index in [0.717, 1.165) is 44.2 Å². The molecular weight excluding hydrogens is 252 g/mol. The number of hydrogen-bond donors (Lipinski definition) is 1. The van der Waals surface area contributed by atoms with Gasteiger partial charge in [-0.05, 0) is 38.4 Å². The molecule has 2 heterocycles. The quantitative estimate of drug-likeness (QED) is 0.869. The van der Waals surface area contributed by atoms with Crippen molar-refractivity contribution < 1.29 is 9.15 Å². The Morgan fingerprint density at radius 3 is 2.50 bits per heavy atom. The van der Waals surface area contributed by atoms with Gasteiger partial charge in [0.1, 0.15) is 11.5 Å². The first-order valence-corrected chi connectivity index (χ1v) is 7.69. The lowest BCUT2D eigenvalue weighted by Gasteiger charge is -2.34. The normalized spacial score (nSPS) is 24.4. The van der Waals surface area contributed by atoms with E-state index in [0.29, 0.717) is 18.1 Å². The van der Waals surface area contributed by atoms with E-state index >= 15 is 0 Å². The summed E-state index contributed by atoms with van der Waals surface area (Å²) in [6, 6.07) is 4.17. The van der Waals surface area contributed by atoms with E-state index in [4.69, 9.17) is 9.15 Å². The number of morpholine rings is 1. The maximum Gasteiger partial charge on any atom is 0.118 e. The minimum atomic E-state index is 0.306. The molecule has 1 saturated heterocycles. The molecule has 0 radical (unpaired) electrons. The Kier molecular flexibility index (Phi) is 5.64. The van der Waals surface area contributed by atoms with Crippen LogP contribution in [0.1, 0.15) is 39.2 Å². The zero-order valence-electron chi connectivity index (χ0n) is 13.2. The minimum absolute atomic E-state index is 0.306. The monoisotopic (exact) mass is 280 g/mol. The fourth-order valence-corrected chi connectivity index (χ4v) is 2.72. The number of nitrogens with zero attached hydrogens (tertiary/aromatic N) is 1. The summed E-state index contributed by atoms with van der Waals surface area (Å²) < 4.78 is 11.6. The average molecular weight is 280 g/mol. The summed E-state index contributed by atoms with van der Waals surface area (Å²) in [6.45, 7) is 13.4. The predicted molar refractivity (Wildman–Crippen MR) is 80.5 cm³/mol. The van der Waals surface area contributed by atoms with E-state index in [-0.39, 0.29) is 0 Å². The van der Waals surface area contributed by atoms with Gasteiger partial charge >= 0.3 is 0 Å². The standard InChI is InChI=1S/C16H28N2O2/c1-12(2)7-17-8-15-5-6-16(20-15)11-18-9-13(3)19-14(4)10-18/h5-6,12-14,17H,7-11H2,1-4H3. The highest BCUT2D eigenvalue weighted by molar-refractivity contribution is 5.07. The van der Waals surface area contributed by atoms with Gasteiger partial charge in [-0.15, -0.1) is 0 Å². The summed E-state index contributed by atoms with van der Waals surface area (Å²) in [7, 11) is 0. The van der Waals surface area contributed by atoms with Gasteiger partial charge in [0.2, 0.25) is 0 Å². The highest BCUT2D eigenvalue weighted by Crippen LogP contribution is 2.16. The van der Waals surface area contributed by atoms with E-state index in [1.165, 1.54) is 0 Å².